The highest BCUT2D eigenvalue weighted by molar-refractivity contribution is 6.30. The van der Waals surface area contributed by atoms with E-state index < -0.39 is 23.9 Å². The third-order valence-corrected chi connectivity index (χ3v) is 5.30. The largest absolute Gasteiger partial charge is 0.497 e. The molecule has 0 aliphatic carbocycles. The number of amides is 4. The first-order valence-corrected chi connectivity index (χ1v) is 10.2. The SMILES string of the molecule is COc1cccc(N2C(=O)[C@H](CC(=O)Nc3ccc(Cl)cc3)N(Cc3ccco3)C2=O)c1. The van der Waals surface area contributed by atoms with Crippen LogP contribution in [0.2, 0.25) is 5.02 Å². The number of carbonyl (C=O) groups is 3. The zero-order valence-electron chi connectivity index (χ0n) is 17.2. The second-order valence-corrected chi connectivity index (χ2v) is 7.58. The van der Waals surface area contributed by atoms with Gasteiger partial charge in [0.15, 0.2) is 0 Å². The van der Waals surface area contributed by atoms with E-state index in [9.17, 15) is 14.4 Å². The van der Waals surface area contributed by atoms with Gasteiger partial charge in [0.05, 0.1) is 32.0 Å². The summed E-state index contributed by atoms with van der Waals surface area (Å²) in [7, 11) is 1.50. The lowest BCUT2D eigenvalue weighted by molar-refractivity contribution is -0.124. The van der Waals surface area contributed by atoms with Crippen LogP contribution in [0.15, 0.2) is 71.3 Å². The molecule has 1 N–H and O–H groups in total. The number of carbonyl (C=O) groups excluding carboxylic acids is 3. The van der Waals surface area contributed by atoms with Crippen molar-refractivity contribution in [1.29, 1.82) is 0 Å². The maximum Gasteiger partial charge on any atom is 0.332 e. The minimum absolute atomic E-state index is 0.0525. The second-order valence-electron chi connectivity index (χ2n) is 7.14. The van der Waals surface area contributed by atoms with Crippen molar-refractivity contribution >= 4 is 40.8 Å². The molecule has 1 atom stereocenters. The smallest absolute Gasteiger partial charge is 0.332 e. The Bertz CT molecular complexity index is 1130. The van der Waals surface area contributed by atoms with Crippen molar-refractivity contribution < 1.29 is 23.5 Å². The standard InChI is InChI=1S/C23H20ClN3O5/c1-31-18-5-2-4-17(12-18)27-22(29)20(26(23(27)30)14-19-6-3-11-32-19)13-21(28)25-16-9-7-15(24)8-10-16/h2-12,20H,13-14H2,1H3,(H,25,28)/t20-/m0/s1. The first-order valence-electron chi connectivity index (χ1n) is 9.82. The maximum absolute atomic E-state index is 13.3. The Morgan fingerprint density at radius 1 is 1.12 bits per heavy atom. The van der Waals surface area contributed by atoms with Gasteiger partial charge in [-0.15, -0.1) is 0 Å². The monoisotopic (exact) mass is 453 g/mol. The summed E-state index contributed by atoms with van der Waals surface area (Å²) in [6, 6.07) is 15.1. The van der Waals surface area contributed by atoms with Crippen molar-refractivity contribution in [3.05, 3.63) is 77.7 Å². The molecule has 8 nitrogen and oxygen atoms in total. The number of halogens is 1. The molecule has 0 unspecified atom stereocenters. The first kappa shape index (κ1) is 21.5. The molecule has 0 spiro atoms. The third kappa shape index (κ3) is 4.45. The summed E-state index contributed by atoms with van der Waals surface area (Å²) in [6.45, 7) is 0.0525. The van der Waals surface area contributed by atoms with E-state index in [0.29, 0.717) is 27.9 Å². The molecular weight excluding hydrogens is 434 g/mol. The van der Waals surface area contributed by atoms with E-state index in [1.54, 1.807) is 60.7 Å². The van der Waals surface area contributed by atoms with Gasteiger partial charge >= 0.3 is 6.03 Å². The van der Waals surface area contributed by atoms with Crippen LogP contribution >= 0.6 is 11.6 Å². The minimum Gasteiger partial charge on any atom is -0.497 e. The number of anilines is 2. The Balaban J connectivity index is 1.59. The number of benzene rings is 2. The molecule has 2 heterocycles. The second kappa shape index (κ2) is 9.15. The van der Waals surface area contributed by atoms with Gasteiger partial charge in [-0.25, -0.2) is 9.69 Å². The van der Waals surface area contributed by atoms with Crippen LogP contribution in [-0.4, -0.2) is 35.9 Å². The van der Waals surface area contributed by atoms with E-state index in [0.717, 1.165) is 4.90 Å². The van der Waals surface area contributed by atoms with Gasteiger partial charge < -0.3 is 19.4 Å². The van der Waals surface area contributed by atoms with E-state index in [4.69, 9.17) is 20.8 Å². The Morgan fingerprint density at radius 3 is 2.59 bits per heavy atom. The van der Waals surface area contributed by atoms with Gasteiger partial charge in [-0.2, -0.15) is 0 Å². The first-order chi connectivity index (χ1) is 15.5. The molecule has 4 rings (SSSR count). The Morgan fingerprint density at radius 2 is 1.91 bits per heavy atom. The number of nitrogens with one attached hydrogen (secondary N) is 1. The van der Waals surface area contributed by atoms with Crippen LogP contribution in [0.1, 0.15) is 12.2 Å². The zero-order valence-corrected chi connectivity index (χ0v) is 17.9. The lowest BCUT2D eigenvalue weighted by Crippen LogP contribution is -2.37. The van der Waals surface area contributed by atoms with Crippen LogP contribution in [0.25, 0.3) is 0 Å². The van der Waals surface area contributed by atoms with Crippen LogP contribution in [0.4, 0.5) is 16.2 Å². The summed E-state index contributed by atoms with van der Waals surface area (Å²) >= 11 is 5.88. The van der Waals surface area contributed by atoms with Crippen LogP contribution in [0, 0.1) is 0 Å². The molecule has 32 heavy (non-hydrogen) atoms. The lowest BCUT2D eigenvalue weighted by atomic mass is 10.1. The van der Waals surface area contributed by atoms with Crippen molar-refractivity contribution in [2.75, 3.05) is 17.3 Å². The van der Waals surface area contributed by atoms with Gasteiger partial charge in [-0.1, -0.05) is 17.7 Å². The molecule has 4 amide bonds. The van der Waals surface area contributed by atoms with Crippen molar-refractivity contribution in [3.63, 3.8) is 0 Å². The Kier molecular flexibility index (Phi) is 6.13. The molecule has 9 heteroatoms. The molecule has 1 aromatic heterocycles. The van der Waals surface area contributed by atoms with Gasteiger partial charge in [-0.3, -0.25) is 9.59 Å². The topological polar surface area (TPSA) is 92.1 Å². The highest BCUT2D eigenvalue weighted by atomic mass is 35.5. The predicted octanol–water partition coefficient (Wildman–Crippen LogP) is 4.31. The van der Waals surface area contributed by atoms with Crippen molar-refractivity contribution in [3.8, 4) is 5.75 Å². The summed E-state index contributed by atoms with van der Waals surface area (Å²) < 4.78 is 10.6. The lowest BCUT2D eigenvalue weighted by Gasteiger charge is -2.20. The molecule has 1 aliphatic heterocycles. The number of hydrogen-bond donors (Lipinski definition) is 1. The highest BCUT2D eigenvalue weighted by Crippen LogP contribution is 2.30. The zero-order chi connectivity index (χ0) is 22.7. The van der Waals surface area contributed by atoms with E-state index in [-0.39, 0.29) is 13.0 Å². The highest BCUT2D eigenvalue weighted by Gasteiger charge is 2.47. The van der Waals surface area contributed by atoms with Gasteiger partial charge in [0.1, 0.15) is 17.6 Å². The van der Waals surface area contributed by atoms with Crippen LogP contribution in [-0.2, 0) is 16.1 Å². The molecule has 3 aromatic rings. The summed E-state index contributed by atoms with van der Waals surface area (Å²) in [5, 5.41) is 3.27. The maximum atomic E-state index is 13.3. The van der Waals surface area contributed by atoms with Crippen LogP contribution in [0.5, 0.6) is 5.75 Å². The number of hydrogen-bond acceptors (Lipinski definition) is 5. The number of imide groups is 1. The summed E-state index contributed by atoms with van der Waals surface area (Å²) in [5.41, 5.74) is 0.905. The predicted molar refractivity (Wildman–Crippen MR) is 119 cm³/mol. The van der Waals surface area contributed by atoms with E-state index in [1.807, 2.05) is 0 Å². The van der Waals surface area contributed by atoms with Crippen molar-refractivity contribution in [2.24, 2.45) is 0 Å². The quantitative estimate of drug-likeness (QED) is 0.538. The van der Waals surface area contributed by atoms with Gasteiger partial charge in [-0.05, 0) is 48.5 Å². The number of nitrogens with zero attached hydrogens (tertiary/aromatic N) is 2. The summed E-state index contributed by atoms with van der Waals surface area (Å²) in [4.78, 5) is 41.6. The molecule has 0 radical (unpaired) electrons. The molecule has 1 saturated heterocycles. The van der Waals surface area contributed by atoms with E-state index >= 15 is 0 Å². The van der Waals surface area contributed by atoms with E-state index in [2.05, 4.69) is 5.32 Å². The fourth-order valence-electron chi connectivity index (χ4n) is 3.49. The molecule has 0 saturated carbocycles. The van der Waals surface area contributed by atoms with E-state index in [1.165, 1.54) is 18.3 Å². The Labute approximate surface area is 189 Å². The fourth-order valence-corrected chi connectivity index (χ4v) is 3.62. The normalized spacial score (nSPS) is 15.9. The third-order valence-electron chi connectivity index (χ3n) is 5.04. The van der Waals surface area contributed by atoms with Crippen molar-refractivity contribution in [2.45, 2.75) is 19.0 Å². The van der Waals surface area contributed by atoms with Gasteiger partial charge in [0.2, 0.25) is 5.91 Å². The molecule has 2 aromatic carbocycles. The summed E-state index contributed by atoms with van der Waals surface area (Å²) in [6.07, 6.45) is 1.27. The molecule has 0 bridgehead atoms. The molecule has 164 valence electrons. The number of ether oxygens (including phenoxy) is 1. The summed E-state index contributed by atoms with van der Waals surface area (Å²) in [5.74, 6) is 0.0999. The van der Waals surface area contributed by atoms with Crippen LogP contribution in [0.3, 0.4) is 0 Å². The minimum atomic E-state index is -0.994. The number of furan rings is 1. The Hall–Kier alpha value is -3.78. The molecule has 1 aliphatic rings. The molecular formula is C23H20ClN3O5. The average molecular weight is 454 g/mol. The molecule has 1 fully saturated rings. The van der Waals surface area contributed by atoms with Gasteiger partial charge in [0.25, 0.3) is 5.91 Å². The fraction of sp³-hybridized carbons (Fsp3) is 0.174. The van der Waals surface area contributed by atoms with Gasteiger partial charge in [0, 0.05) is 16.8 Å². The number of rotatable bonds is 7. The number of methoxy groups -OCH3 is 1. The number of urea groups is 1. The average Bonchev–Trinajstić information content (AvgIpc) is 3.38. The van der Waals surface area contributed by atoms with Crippen molar-refractivity contribution in [1.82, 2.24) is 4.90 Å². The van der Waals surface area contributed by atoms with Crippen LogP contribution < -0.4 is 15.0 Å².